The SMILES string of the molecule is CC(SCCN(C)C)C(C(=O)NO)N(C)S(=O)(=O)c1ccc(Oc2ccc(F)cc2)cc1. The summed E-state index contributed by atoms with van der Waals surface area (Å²) in [6.45, 7) is 2.50. The summed E-state index contributed by atoms with van der Waals surface area (Å²) in [7, 11) is 1.10. The van der Waals surface area contributed by atoms with Crippen molar-refractivity contribution in [3.8, 4) is 11.5 Å². The second-order valence-electron chi connectivity index (χ2n) is 7.35. The normalized spacial score (nSPS) is 13.8. The molecule has 8 nitrogen and oxygen atoms in total. The number of halogens is 1. The lowest BCUT2D eigenvalue weighted by Crippen LogP contribution is -2.51. The molecule has 0 fully saturated rings. The summed E-state index contributed by atoms with van der Waals surface area (Å²) in [6, 6.07) is 9.99. The number of rotatable bonds is 11. The van der Waals surface area contributed by atoms with E-state index in [9.17, 15) is 17.6 Å². The van der Waals surface area contributed by atoms with E-state index in [1.165, 1.54) is 67.3 Å². The standard InChI is InChI=1S/C21H28FN3O5S2/c1-15(31-14-13-24(2)3)20(21(26)23-27)25(4)32(28,29)19-11-9-18(10-12-19)30-17-7-5-16(22)6-8-17/h5-12,15,20,27H,13-14H2,1-4H3,(H,23,26). The van der Waals surface area contributed by atoms with Crippen molar-refractivity contribution in [2.24, 2.45) is 0 Å². The van der Waals surface area contributed by atoms with Crippen LogP contribution in [-0.2, 0) is 14.8 Å². The molecule has 0 saturated carbocycles. The lowest BCUT2D eigenvalue weighted by molar-refractivity contribution is -0.132. The number of carbonyl (C=O) groups excluding carboxylic acids is 1. The van der Waals surface area contributed by atoms with E-state index in [1.807, 2.05) is 19.0 Å². The van der Waals surface area contributed by atoms with Gasteiger partial charge in [0.05, 0.1) is 4.90 Å². The second kappa shape index (κ2) is 11.6. The number of likely N-dealkylation sites (N-methyl/N-ethyl adjacent to an activating group) is 1. The van der Waals surface area contributed by atoms with Crippen LogP contribution >= 0.6 is 11.8 Å². The van der Waals surface area contributed by atoms with Crippen molar-refractivity contribution in [1.82, 2.24) is 14.7 Å². The van der Waals surface area contributed by atoms with Crippen LogP contribution < -0.4 is 10.2 Å². The lowest BCUT2D eigenvalue weighted by Gasteiger charge is -2.30. The van der Waals surface area contributed by atoms with Gasteiger partial charge in [0.15, 0.2) is 0 Å². The maximum Gasteiger partial charge on any atom is 0.262 e. The van der Waals surface area contributed by atoms with Crippen LogP contribution in [0.2, 0.25) is 0 Å². The lowest BCUT2D eigenvalue weighted by atomic mass is 10.2. The highest BCUT2D eigenvalue weighted by Gasteiger charge is 2.37. The van der Waals surface area contributed by atoms with Gasteiger partial charge >= 0.3 is 0 Å². The van der Waals surface area contributed by atoms with Gasteiger partial charge in [-0.1, -0.05) is 6.92 Å². The number of ether oxygens (including phenoxy) is 1. The molecule has 2 aromatic rings. The summed E-state index contributed by atoms with van der Waals surface area (Å²) in [5.74, 6) is 0.264. The van der Waals surface area contributed by atoms with Crippen LogP contribution in [0.1, 0.15) is 6.92 Å². The van der Waals surface area contributed by atoms with Crippen LogP contribution in [-0.4, -0.2) is 73.5 Å². The first-order valence-corrected chi connectivity index (χ1v) is 12.3. The van der Waals surface area contributed by atoms with Crippen molar-refractivity contribution >= 4 is 27.7 Å². The number of benzene rings is 2. The van der Waals surface area contributed by atoms with Gasteiger partial charge in [-0.25, -0.2) is 18.3 Å². The first-order chi connectivity index (χ1) is 15.1. The number of hydroxylamine groups is 1. The van der Waals surface area contributed by atoms with Crippen LogP contribution in [0.15, 0.2) is 53.4 Å². The Hall–Kier alpha value is -2.18. The number of hydrogen-bond donors (Lipinski definition) is 2. The fourth-order valence-corrected chi connectivity index (χ4v) is 5.68. The zero-order valence-electron chi connectivity index (χ0n) is 18.4. The number of carbonyl (C=O) groups is 1. The number of hydrogen-bond acceptors (Lipinski definition) is 7. The molecular formula is C21H28FN3O5S2. The summed E-state index contributed by atoms with van der Waals surface area (Å²) in [5, 5.41) is 8.75. The molecule has 0 aromatic heterocycles. The van der Waals surface area contributed by atoms with Crippen molar-refractivity contribution in [2.45, 2.75) is 23.1 Å². The maximum absolute atomic E-state index is 13.2. The molecule has 0 saturated heterocycles. The van der Waals surface area contributed by atoms with Gasteiger partial charge in [0.1, 0.15) is 23.4 Å². The summed E-state index contributed by atoms with van der Waals surface area (Å²) in [4.78, 5) is 14.3. The molecule has 2 unspecified atom stereocenters. The Morgan fingerprint density at radius 2 is 1.62 bits per heavy atom. The molecule has 0 aliphatic heterocycles. The molecule has 2 rings (SSSR count). The zero-order valence-corrected chi connectivity index (χ0v) is 20.0. The van der Waals surface area contributed by atoms with E-state index in [1.54, 1.807) is 12.4 Å². The minimum Gasteiger partial charge on any atom is -0.457 e. The molecule has 2 aromatic carbocycles. The number of nitrogens with zero attached hydrogens (tertiary/aromatic N) is 2. The van der Waals surface area contributed by atoms with Gasteiger partial charge in [-0.15, -0.1) is 0 Å². The molecule has 0 aliphatic rings. The molecule has 0 radical (unpaired) electrons. The van der Waals surface area contributed by atoms with Gasteiger partial charge in [0.25, 0.3) is 5.91 Å². The molecule has 2 N–H and O–H groups in total. The predicted octanol–water partition coefficient (Wildman–Crippen LogP) is 2.80. The fraction of sp³-hybridized carbons (Fsp3) is 0.381. The molecule has 0 bridgehead atoms. The number of amides is 1. The maximum atomic E-state index is 13.2. The summed E-state index contributed by atoms with van der Waals surface area (Å²) < 4.78 is 45.9. The Morgan fingerprint density at radius 1 is 1.09 bits per heavy atom. The van der Waals surface area contributed by atoms with Crippen molar-refractivity contribution < 1.29 is 27.5 Å². The van der Waals surface area contributed by atoms with Gasteiger partial charge in [0, 0.05) is 24.6 Å². The van der Waals surface area contributed by atoms with Crippen molar-refractivity contribution in [2.75, 3.05) is 33.4 Å². The molecule has 176 valence electrons. The quantitative estimate of drug-likeness (QED) is 0.373. The topological polar surface area (TPSA) is 99.2 Å². The number of thioether (sulfide) groups is 1. The van der Waals surface area contributed by atoms with E-state index >= 15 is 0 Å². The van der Waals surface area contributed by atoms with Gasteiger partial charge in [-0.05, 0) is 62.6 Å². The van der Waals surface area contributed by atoms with Gasteiger partial charge < -0.3 is 9.64 Å². The van der Waals surface area contributed by atoms with Crippen LogP contribution in [0.3, 0.4) is 0 Å². The highest BCUT2D eigenvalue weighted by Crippen LogP contribution is 2.27. The Kier molecular flexibility index (Phi) is 9.47. The molecule has 1 amide bonds. The first kappa shape index (κ1) is 26.1. The molecule has 11 heteroatoms. The summed E-state index contributed by atoms with van der Waals surface area (Å²) in [5.41, 5.74) is 1.57. The number of sulfonamides is 1. The van der Waals surface area contributed by atoms with E-state index in [2.05, 4.69) is 0 Å². The average Bonchev–Trinajstić information content (AvgIpc) is 2.75. The van der Waals surface area contributed by atoms with Crippen LogP contribution in [0.5, 0.6) is 11.5 Å². The van der Waals surface area contributed by atoms with E-state index in [4.69, 9.17) is 9.94 Å². The van der Waals surface area contributed by atoms with Crippen LogP contribution in [0, 0.1) is 5.82 Å². The third kappa shape index (κ3) is 6.91. The number of nitrogens with one attached hydrogen (secondary N) is 1. The smallest absolute Gasteiger partial charge is 0.262 e. The monoisotopic (exact) mass is 485 g/mol. The molecule has 2 atom stereocenters. The third-order valence-corrected chi connectivity index (χ3v) is 7.74. The van der Waals surface area contributed by atoms with E-state index in [0.29, 0.717) is 17.3 Å². The Labute approximate surface area is 192 Å². The summed E-state index contributed by atoms with van der Waals surface area (Å²) >= 11 is 1.43. The van der Waals surface area contributed by atoms with Gasteiger partial charge in [-0.3, -0.25) is 10.0 Å². The highest BCUT2D eigenvalue weighted by atomic mass is 32.2. The van der Waals surface area contributed by atoms with E-state index in [-0.39, 0.29) is 4.90 Å². The fourth-order valence-electron chi connectivity index (χ4n) is 2.89. The Bertz CT molecular complexity index is 985. The van der Waals surface area contributed by atoms with Crippen molar-refractivity contribution in [3.63, 3.8) is 0 Å². The van der Waals surface area contributed by atoms with Crippen molar-refractivity contribution in [3.05, 3.63) is 54.3 Å². The second-order valence-corrected chi connectivity index (χ2v) is 10.8. The third-order valence-electron chi connectivity index (χ3n) is 4.68. The largest absolute Gasteiger partial charge is 0.457 e. The minimum absolute atomic E-state index is 0.0345. The molecular weight excluding hydrogens is 457 g/mol. The van der Waals surface area contributed by atoms with Crippen LogP contribution in [0.25, 0.3) is 0 Å². The van der Waals surface area contributed by atoms with Gasteiger partial charge in [0.2, 0.25) is 10.0 Å². The molecule has 0 aliphatic carbocycles. The zero-order chi connectivity index (χ0) is 23.9. The molecule has 0 spiro atoms. The first-order valence-electron chi connectivity index (χ1n) is 9.78. The van der Waals surface area contributed by atoms with Gasteiger partial charge in [-0.2, -0.15) is 16.1 Å². The minimum atomic E-state index is -4.04. The van der Waals surface area contributed by atoms with E-state index < -0.39 is 33.0 Å². The molecule has 32 heavy (non-hydrogen) atoms. The Morgan fingerprint density at radius 3 is 2.12 bits per heavy atom. The Balaban J connectivity index is 2.18. The van der Waals surface area contributed by atoms with E-state index in [0.717, 1.165) is 10.8 Å². The highest BCUT2D eigenvalue weighted by molar-refractivity contribution is 8.00. The van der Waals surface area contributed by atoms with Crippen LogP contribution in [0.4, 0.5) is 4.39 Å². The summed E-state index contributed by atoms with van der Waals surface area (Å²) in [6.07, 6.45) is 0. The predicted molar refractivity (Wildman–Crippen MR) is 122 cm³/mol. The average molecular weight is 486 g/mol. The van der Waals surface area contributed by atoms with Crippen molar-refractivity contribution in [1.29, 1.82) is 0 Å². The molecule has 0 heterocycles.